The van der Waals surface area contributed by atoms with Gasteiger partial charge in [0.05, 0.1) is 18.8 Å². The third-order valence-electron chi connectivity index (χ3n) is 5.46. The molecule has 1 aliphatic heterocycles. The van der Waals surface area contributed by atoms with E-state index in [1.54, 1.807) is 0 Å². The lowest BCUT2D eigenvalue weighted by Crippen LogP contribution is -2.61. The summed E-state index contributed by atoms with van der Waals surface area (Å²) in [7, 11) is 0. The zero-order valence-electron chi connectivity index (χ0n) is 16.8. The van der Waals surface area contributed by atoms with Crippen molar-refractivity contribution in [3.05, 3.63) is 29.8 Å². The number of carbonyl (C=O) groups excluding carboxylic acids is 1. The van der Waals surface area contributed by atoms with Gasteiger partial charge in [0, 0.05) is 6.08 Å². The number of rotatable bonds is 6. The van der Waals surface area contributed by atoms with Gasteiger partial charge in [0.15, 0.2) is 23.9 Å². The second-order valence-electron chi connectivity index (χ2n) is 7.72. The molecule has 0 aromatic heterocycles. The van der Waals surface area contributed by atoms with E-state index in [9.17, 15) is 35.4 Å². The molecule has 172 valence electrons. The van der Waals surface area contributed by atoms with E-state index in [4.69, 9.17) is 14.2 Å². The smallest absolute Gasteiger partial charge is 0.331 e. The minimum absolute atomic E-state index is 0.308. The largest absolute Gasteiger partial charge is 0.504 e. The van der Waals surface area contributed by atoms with Gasteiger partial charge in [-0.05, 0) is 36.6 Å². The molecule has 10 nitrogen and oxygen atoms in total. The molecular formula is C21H28O10. The van der Waals surface area contributed by atoms with Crippen LogP contribution in [0.1, 0.15) is 31.2 Å². The average Bonchev–Trinajstić information content (AvgIpc) is 2.75. The monoisotopic (exact) mass is 440 g/mol. The van der Waals surface area contributed by atoms with Crippen LogP contribution in [0.2, 0.25) is 0 Å². The minimum Gasteiger partial charge on any atom is -0.504 e. The van der Waals surface area contributed by atoms with E-state index in [-0.39, 0.29) is 11.5 Å². The van der Waals surface area contributed by atoms with E-state index in [2.05, 4.69) is 0 Å². The number of ether oxygens (including phenoxy) is 3. The number of aliphatic hydroxyl groups excluding tert-OH is 4. The highest BCUT2D eigenvalue weighted by atomic mass is 16.7. The van der Waals surface area contributed by atoms with Crippen molar-refractivity contribution in [2.24, 2.45) is 0 Å². The zero-order valence-corrected chi connectivity index (χ0v) is 16.8. The Labute approximate surface area is 178 Å². The Kier molecular flexibility index (Phi) is 7.87. The quantitative estimate of drug-likeness (QED) is 0.198. The third-order valence-corrected chi connectivity index (χ3v) is 5.46. The number of esters is 1. The molecule has 1 saturated heterocycles. The van der Waals surface area contributed by atoms with Crippen molar-refractivity contribution in [2.75, 3.05) is 6.61 Å². The molecule has 31 heavy (non-hydrogen) atoms. The van der Waals surface area contributed by atoms with Crippen molar-refractivity contribution in [2.45, 2.75) is 68.6 Å². The lowest BCUT2D eigenvalue weighted by molar-refractivity contribution is -0.319. The van der Waals surface area contributed by atoms with E-state index in [0.717, 1.165) is 18.9 Å². The van der Waals surface area contributed by atoms with E-state index in [1.807, 2.05) is 0 Å². The fraction of sp³-hybridized carbons (Fsp3) is 0.571. The van der Waals surface area contributed by atoms with Gasteiger partial charge < -0.3 is 44.8 Å². The summed E-state index contributed by atoms with van der Waals surface area (Å²) in [5.41, 5.74) is 0.404. The summed E-state index contributed by atoms with van der Waals surface area (Å²) < 4.78 is 16.3. The molecule has 6 N–H and O–H groups in total. The Hall–Kier alpha value is -2.21. The predicted octanol–water partition coefficient (Wildman–Crippen LogP) is -0.218. The number of phenolic OH excluding ortho intramolecular Hbond substituents is 2. The van der Waals surface area contributed by atoms with E-state index in [0.29, 0.717) is 18.4 Å². The van der Waals surface area contributed by atoms with Crippen LogP contribution in [0.15, 0.2) is 24.3 Å². The Morgan fingerprint density at radius 1 is 1.10 bits per heavy atom. The van der Waals surface area contributed by atoms with E-state index < -0.39 is 55.5 Å². The van der Waals surface area contributed by atoms with Crippen LogP contribution in [0.5, 0.6) is 11.5 Å². The molecule has 1 aliphatic carbocycles. The first-order chi connectivity index (χ1) is 14.8. The molecule has 1 heterocycles. The minimum atomic E-state index is -1.55. The standard InChI is InChI=1S/C21H28O10/c22-10-16-18(27)20(19(28)21(30-16)29-15-4-2-1-3-13(15)24)31-17(26)8-6-11-5-7-12(23)14(25)9-11/h5-9,13,15-16,18-25,27-28H,1-4,10H2/b8-6+/t13-,15-,16+,18+,19+,20-,21+/m0/s1. The Balaban J connectivity index is 1.67. The number of hydrogen-bond acceptors (Lipinski definition) is 10. The van der Waals surface area contributed by atoms with Crippen LogP contribution < -0.4 is 0 Å². The second-order valence-corrected chi connectivity index (χ2v) is 7.72. The summed E-state index contributed by atoms with van der Waals surface area (Å²) in [5.74, 6) is -1.57. The van der Waals surface area contributed by atoms with Gasteiger partial charge in [0.1, 0.15) is 18.3 Å². The number of phenols is 2. The van der Waals surface area contributed by atoms with Gasteiger partial charge in [-0.3, -0.25) is 0 Å². The summed E-state index contributed by atoms with van der Waals surface area (Å²) in [6, 6.07) is 3.94. The average molecular weight is 440 g/mol. The van der Waals surface area contributed by atoms with Crippen molar-refractivity contribution in [1.29, 1.82) is 0 Å². The molecule has 10 heteroatoms. The third kappa shape index (κ3) is 5.73. The van der Waals surface area contributed by atoms with E-state index in [1.165, 1.54) is 24.3 Å². The van der Waals surface area contributed by atoms with Gasteiger partial charge in [-0.1, -0.05) is 18.9 Å². The normalized spacial score (nSPS) is 34.0. The fourth-order valence-corrected chi connectivity index (χ4v) is 3.69. The molecule has 0 spiro atoms. The number of hydrogen-bond donors (Lipinski definition) is 6. The molecule has 0 amide bonds. The van der Waals surface area contributed by atoms with Gasteiger partial charge >= 0.3 is 5.97 Å². The maximum atomic E-state index is 12.2. The molecule has 2 fully saturated rings. The molecule has 0 unspecified atom stereocenters. The highest BCUT2D eigenvalue weighted by molar-refractivity contribution is 5.87. The van der Waals surface area contributed by atoms with E-state index >= 15 is 0 Å². The molecule has 7 atom stereocenters. The number of benzene rings is 1. The Bertz CT molecular complexity index is 781. The van der Waals surface area contributed by atoms with Crippen LogP contribution in [0.25, 0.3) is 6.08 Å². The fourth-order valence-electron chi connectivity index (χ4n) is 3.69. The maximum Gasteiger partial charge on any atom is 0.331 e. The van der Waals surface area contributed by atoms with Crippen LogP contribution in [-0.4, -0.2) is 86.1 Å². The van der Waals surface area contributed by atoms with Crippen molar-refractivity contribution in [3.8, 4) is 11.5 Å². The van der Waals surface area contributed by atoms with Crippen LogP contribution in [0.4, 0.5) is 0 Å². The van der Waals surface area contributed by atoms with Crippen molar-refractivity contribution in [3.63, 3.8) is 0 Å². The van der Waals surface area contributed by atoms with Gasteiger partial charge in [0.25, 0.3) is 0 Å². The van der Waals surface area contributed by atoms with Crippen LogP contribution in [-0.2, 0) is 19.0 Å². The van der Waals surface area contributed by atoms with Crippen LogP contribution >= 0.6 is 0 Å². The van der Waals surface area contributed by atoms with Crippen molar-refractivity contribution < 1.29 is 49.6 Å². The molecule has 0 radical (unpaired) electrons. The first kappa shape index (κ1) is 23.5. The molecule has 1 aromatic carbocycles. The van der Waals surface area contributed by atoms with Gasteiger partial charge in [-0.15, -0.1) is 0 Å². The first-order valence-corrected chi connectivity index (χ1v) is 10.2. The maximum absolute atomic E-state index is 12.2. The topological polar surface area (TPSA) is 166 Å². The summed E-state index contributed by atoms with van der Waals surface area (Å²) in [4.78, 5) is 12.2. The lowest BCUT2D eigenvalue weighted by atomic mass is 9.94. The van der Waals surface area contributed by atoms with Gasteiger partial charge in [-0.2, -0.15) is 0 Å². The summed E-state index contributed by atoms with van der Waals surface area (Å²) in [6.07, 6.45) is -3.14. The van der Waals surface area contributed by atoms with Crippen molar-refractivity contribution in [1.82, 2.24) is 0 Å². The molecule has 3 rings (SSSR count). The number of aromatic hydroxyl groups is 2. The second kappa shape index (κ2) is 10.4. The van der Waals surface area contributed by atoms with Crippen LogP contribution in [0.3, 0.4) is 0 Å². The summed E-state index contributed by atoms with van der Waals surface area (Å²) in [5, 5.41) is 59.4. The predicted molar refractivity (Wildman–Crippen MR) is 106 cm³/mol. The first-order valence-electron chi connectivity index (χ1n) is 10.2. The zero-order chi connectivity index (χ0) is 22.5. The van der Waals surface area contributed by atoms with Crippen LogP contribution in [0, 0.1) is 0 Å². The Morgan fingerprint density at radius 2 is 1.84 bits per heavy atom. The molecular weight excluding hydrogens is 412 g/mol. The molecule has 0 bridgehead atoms. The molecule has 2 aliphatic rings. The summed E-state index contributed by atoms with van der Waals surface area (Å²) in [6.45, 7) is -0.600. The Morgan fingerprint density at radius 3 is 2.52 bits per heavy atom. The van der Waals surface area contributed by atoms with Crippen molar-refractivity contribution >= 4 is 12.0 Å². The highest BCUT2D eigenvalue weighted by Gasteiger charge is 2.48. The SMILES string of the molecule is O=C(/C=C/c1ccc(O)c(O)c1)O[C@@H]1[C@@H](O)[C@H](O[C@H]2CCCC[C@@H]2O)O[C@H](CO)[C@H]1O. The molecule has 1 saturated carbocycles. The highest BCUT2D eigenvalue weighted by Crippen LogP contribution is 2.29. The number of aliphatic hydroxyl groups is 4. The number of carbonyl (C=O) groups is 1. The van der Waals surface area contributed by atoms with Gasteiger partial charge in [-0.25, -0.2) is 4.79 Å². The molecule has 1 aromatic rings. The summed E-state index contributed by atoms with van der Waals surface area (Å²) >= 11 is 0. The lowest BCUT2D eigenvalue weighted by Gasteiger charge is -2.43. The van der Waals surface area contributed by atoms with Gasteiger partial charge in [0.2, 0.25) is 0 Å².